The summed E-state index contributed by atoms with van der Waals surface area (Å²) in [6, 6.07) is 0.790. The van der Waals surface area contributed by atoms with Gasteiger partial charge in [0.15, 0.2) is 5.82 Å². The highest BCUT2D eigenvalue weighted by atomic mass is 16.2. The molecule has 0 atom stereocenters. The van der Waals surface area contributed by atoms with Gasteiger partial charge in [-0.3, -0.25) is 14.8 Å². The van der Waals surface area contributed by atoms with Crippen LogP contribution in [0.25, 0.3) is 0 Å². The molecule has 0 saturated heterocycles. The molecule has 0 saturated carbocycles. The molecule has 10 heteroatoms. The van der Waals surface area contributed by atoms with Crippen molar-refractivity contribution in [2.75, 3.05) is 17.6 Å². The molecule has 2 heterocycles. The average molecular weight is 306 g/mol. The second-order valence-corrected chi connectivity index (χ2v) is 4.61. The van der Waals surface area contributed by atoms with Crippen LogP contribution in [0.15, 0.2) is 17.1 Å². The van der Waals surface area contributed by atoms with Crippen molar-refractivity contribution < 1.29 is 4.79 Å². The van der Waals surface area contributed by atoms with Gasteiger partial charge in [0.05, 0.1) is 6.20 Å². The van der Waals surface area contributed by atoms with Gasteiger partial charge in [-0.1, -0.05) is 12.1 Å². The molecule has 22 heavy (non-hydrogen) atoms. The highest BCUT2D eigenvalue weighted by Crippen LogP contribution is 2.00. The number of urea groups is 1. The molecule has 5 N–H and O–H groups in total. The Morgan fingerprint density at radius 1 is 1.50 bits per heavy atom. The van der Waals surface area contributed by atoms with Gasteiger partial charge in [-0.05, 0) is 6.42 Å². The van der Waals surface area contributed by atoms with E-state index in [1.54, 1.807) is 10.9 Å². The number of aromatic amines is 1. The van der Waals surface area contributed by atoms with Crippen molar-refractivity contribution in [1.29, 1.82) is 0 Å². The number of aryl methyl sites for hydroxylation is 1. The standard InChI is InChI=1S/C12H18N8O2/c1-2-5-20-7-10(18-19-20)17-12(22)14-4-3-9-15-8(13)6-11(21)16-9/h6-7H,2-5H2,1H3,(H2,14,17,22)(H3,13,15,16,21). The first kappa shape index (κ1) is 15.5. The van der Waals surface area contributed by atoms with Crippen LogP contribution in [0.2, 0.25) is 0 Å². The fraction of sp³-hybridized carbons (Fsp3) is 0.417. The van der Waals surface area contributed by atoms with Gasteiger partial charge < -0.3 is 16.0 Å². The lowest BCUT2D eigenvalue weighted by Crippen LogP contribution is -2.31. The average Bonchev–Trinajstić information content (AvgIpc) is 2.85. The van der Waals surface area contributed by atoms with Crippen LogP contribution in [-0.4, -0.2) is 37.5 Å². The lowest BCUT2D eigenvalue weighted by Gasteiger charge is -2.05. The Hall–Kier alpha value is -2.91. The van der Waals surface area contributed by atoms with E-state index in [-0.39, 0.29) is 11.4 Å². The molecule has 2 rings (SSSR count). The van der Waals surface area contributed by atoms with Crippen LogP contribution in [-0.2, 0) is 13.0 Å². The molecule has 0 radical (unpaired) electrons. The van der Waals surface area contributed by atoms with Gasteiger partial charge in [-0.2, -0.15) is 0 Å². The molecular weight excluding hydrogens is 288 g/mol. The number of nitrogens with zero attached hydrogens (tertiary/aromatic N) is 4. The quantitative estimate of drug-likeness (QED) is 0.577. The number of anilines is 2. The number of nitrogens with two attached hydrogens (primary N) is 1. The Labute approximate surface area is 126 Å². The van der Waals surface area contributed by atoms with E-state index < -0.39 is 6.03 Å². The van der Waals surface area contributed by atoms with Gasteiger partial charge in [0, 0.05) is 25.6 Å². The minimum Gasteiger partial charge on any atom is -0.383 e. The summed E-state index contributed by atoms with van der Waals surface area (Å²) in [7, 11) is 0. The number of carbonyl (C=O) groups excluding carboxylic acids is 1. The van der Waals surface area contributed by atoms with E-state index in [1.807, 2.05) is 6.92 Å². The van der Waals surface area contributed by atoms with Gasteiger partial charge >= 0.3 is 6.03 Å². The first-order chi connectivity index (χ1) is 10.6. The molecule has 2 aromatic rings. The molecule has 0 aliphatic rings. The Balaban J connectivity index is 1.78. The summed E-state index contributed by atoms with van der Waals surface area (Å²) in [5.74, 6) is 0.941. The van der Waals surface area contributed by atoms with Crippen molar-refractivity contribution in [2.24, 2.45) is 0 Å². The number of aromatic nitrogens is 5. The number of hydrogen-bond acceptors (Lipinski definition) is 6. The summed E-state index contributed by atoms with van der Waals surface area (Å²) < 4.78 is 1.65. The number of rotatable bonds is 6. The summed E-state index contributed by atoms with van der Waals surface area (Å²) in [4.78, 5) is 29.4. The largest absolute Gasteiger partial charge is 0.383 e. The van der Waals surface area contributed by atoms with Crippen LogP contribution in [0.3, 0.4) is 0 Å². The summed E-state index contributed by atoms with van der Waals surface area (Å²) in [6.07, 6.45) is 2.94. The molecule has 2 amide bonds. The van der Waals surface area contributed by atoms with Gasteiger partial charge in [0.1, 0.15) is 11.6 Å². The molecule has 0 bridgehead atoms. The molecule has 0 fully saturated rings. The van der Waals surface area contributed by atoms with Crippen molar-refractivity contribution >= 4 is 17.7 Å². The lowest BCUT2D eigenvalue weighted by atomic mass is 10.4. The Kier molecular flexibility index (Phi) is 5.07. The van der Waals surface area contributed by atoms with Crippen LogP contribution >= 0.6 is 0 Å². The maximum Gasteiger partial charge on any atom is 0.320 e. The van der Waals surface area contributed by atoms with E-state index in [4.69, 9.17) is 5.73 Å². The highest BCUT2D eigenvalue weighted by molar-refractivity contribution is 5.87. The number of nitrogen functional groups attached to an aromatic ring is 1. The third-order valence-electron chi connectivity index (χ3n) is 2.69. The topological polar surface area (TPSA) is 144 Å². The van der Waals surface area contributed by atoms with Crippen LogP contribution in [0.4, 0.5) is 16.4 Å². The summed E-state index contributed by atoms with van der Waals surface area (Å²) in [5.41, 5.74) is 5.15. The maximum atomic E-state index is 11.7. The van der Waals surface area contributed by atoms with Crippen LogP contribution < -0.4 is 21.9 Å². The van der Waals surface area contributed by atoms with E-state index in [9.17, 15) is 9.59 Å². The van der Waals surface area contributed by atoms with Crippen molar-refractivity contribution in [3.05, 3.63) is 28.4 Å². The minimum atomic E-state index is -0.408. The number of amides is 2. The maximum absolute atomic E-state index is 11.7. The van der Waals surface area contributed by atoms with Crippen LogP contribution in [0, 0.1) is 0 Å². The minimum absolute atomic E-state index is 0.149. The molecule has 0 aliphatic carbocycles. The molecule has 2 aromatic heterocycles. The molecule has 0 aliphatic heterocycles. The molecule has 0 aromatic carbocycles. The first-order valence-electron chi connectivity index (χ1n) is 6.87. The SMILES string of the molecule is CCCn1cc(NC(=O)NCCc2nc(N)cc(=O)[nH]2)nn1. The van der Waals surface area contributed by atoms with E-state index >= 15 is 0 Å². The second-order valence-electron chi connectivity index (χ2n) is 4.61. The lowest BCUT2D eigenvalue weighted by molar-refractivity contribution is 0.252. The molecular formula is C12H18N8O2. The smallest absolute Gasteiger partial charge is 0.320 e. The number of carbonyl (C=O) groups is 1. The first-order valence-corrected chi connectivity index (χ1v) is 6.87. The zero-order chi connectivity index (χ0) is 15.9. The van der Waals surface area contributed by atoms with E-state index in [0.29, 0.717) is 24.6 Å². The number of H-pyrrole nitrogens is 1. The van der Waals surface area contributed by atoms with E-state index in [1.165, 1.54) is 6.07 Å². The third-order valence-corrected chi connectivity index (χ3v) is 2.69. The zero-order valence-electron chi connectivity index (χ0n) is 12.2. The predicted molar refractivity (Wildman–Crippen MR) is 80.3 cm³/mol. The zero-order valence-corrected chi connectivity index (χ0v) is 12.2. The van der Waals surface area contributed by atoms with Gasteiger partial charge in [0.2, 0.25) is 0 Å². The Morgan fingerprint density at radius 3 is 3.05 bits per heavy atom. The monoisotopic (exact) mass is 306 g/mol. The Morgan fingerprint density at radius 2 is 2.32 bits per heavy atom. The van der Waals surface area contributed by atoms with Crippen molar-refractivity contribution in [3.8, 4) is 0 Å². The predicted octanol–water partition coefficient (Wildman–Crippen LogP) is -0.282. The summed E-state index contributed by atoms with van der Waals surface area (Å²) >= 11 is 0. The molecule has 0 spiro atoms. The highest BCUT2D eigenvalue weighted by Gasteiger charge is 2.06. The van der Waals surface area contributed by atoms with Gasteiger partial charge in [-0.25, -0.2) is 9.78 Å². The van der Waals surface area contributed by atoms with Gasteiger partial charge in [-0.15, -0.1) is 5.10 Å². The van der Waals surface area contributed by atoms with Crippen molar-refractivity contribution in [2.45, 2.75) is 26.3 Å². The van der Waals surface area contributed by atoms with Crippen LogP contribution in [0.1, 0.15) is 19.2 Å². The van der Waals surface area contributed by atoms with Crippen molar-refractivity contribution in [3.63, 3.8) is 0 Å². The third kappa shape index (κ3) is 4.58. The molecule has 118 valence electrons. The van der Waals surface area contributed by atoms with E-state index in [0.717, 1.165) is 13.0 Å². The fourth-order valence-electron chi connectivity index (χ4n) is 1.80. The second kappa shape index (κ2) is 7.20. The van der Waals surface area contributed by atoms with E-state index in [2.05, 4.69) is 30.9 Å². The normalized spacial score (nSPS) is 10.4. The van der Waals surface area contributed by atoms with Crippen LogP contribution in [0.5, 0.6) is 0 Å². The number of nitrogens with one attached hydrogen (secondary N) is 3. The number of hydrogen-bond donors (Lipinski definition) is 4. The Bertz CT molecular complexity index is 692. The molecule has 10 nitrogen and oxygen atoms in total. The fourth-order valence-corrected chi connectivity index (χ4v) is 1.80. The summed E-state index contributed by atoms with van der Waals surface area (Å²) in [6.45, 7) is 3.06. The summed E-state index contributed by atoms with van der Waals surface area (Å²) in [5, 5.41) is 12.9. The van der Waals surface area contributed by atoms with Gasteiger partial charge in [0.25, 0.3) is 5.56 Å². The van der Waals surface area contributed by atoms with Crippen molar-refractivity contribution in [1.82, 2.24) is 30.3 Å². The molecule has 0 unspecified atom stereocenters.